The Labute approximate surface area is 368 Å². The molecule has 0 N–H and O–H groups in total. The monoisotopic (exact) mass is 840 g/mol. The molecule has 2 atom stereocenters. The van der Waals surface area contributed by atoms with Crippen molar-refractivity contribution in [1.29, 1.82) is 0 Å². The van der Waals surface area contributed by atoms with Gasteiger partial charge in [-0.1, -0.05) is 152 Å². The fourth-order valence-electron chi connectivity index (χ4n) is 10.3. The van der Waals surface area contributed by atoms with Crippen molar-refractivity contribution < 1.29 is 13.2 Å². The number of allylic oxidation sites excluding steroid dienone is 8. The second-order valence-corrected chi connectivity index (χ2v) is 17.4. The first-order valence-corrected chi connectivity index (χ1v) is 21.7. The van der Waals surface area contributed by atoms with Crippen LogP contribution >= 0.6 is 0 Å². The molecule has 0 radical (unpaired) electrons. The van der Waals surface area contributed by atoms with Crippen LogP contribution in [-0.4, -0.2) is 25.7 Å². The van der Waals surface area contributed by atoms with Crippen molar-refractivity contribution in [2.75, 3.05) is 0 Å². The van der Waals surface area contributed by atoms with Gasteiger partial charge in [0.2, 0.25) is 0 Å². The maximum absolute atomic E-state index is 15.2. The van der Waals surface area contributed by atoms with Crippen molar-refractivity contribution >= 4 is 38.5 Å². The second kappa shape index (κ2) is 14.9. The van der Waals surface area contributed by atoms with E-state index in [9.17, 15) is 0 Å². The second-order valence-electron chi connectivity index (χ2n) is 17.4. The summed E-state index contributed by atoms with van der Waals surface area (Å²) in [5, 5.41) is 5.49. The lowest BCUT2D eigenvalue weighted by atomic mass is 9.85. The van der Waals surface area contributed by atoms with E-state index in [-0.39, 0.29) is 11.5 Å². The van der Waals surface area contributed by atoms with Crippen molar-refractivity contribution in [1.82, 2.24) is 19.5 Å². The molecule has 312 valence electrons. The lowest BCUT2D eigenvalue weighted by molar-refractivity contribution is -0.146. The molecule has 0 fully saturated rings. The number of rotatable bonds is 3. The zero-order valence-electron chi connectivity index (χ0n) is 36.1. The van der Waals surface area contributed by atoms with Crippen molar-refractivity contribution in [2.45, 2.75) is 40.8 Å². The first-order valence-electron chi connectivity index (χ1n) is 21.7. The average Bonchev–Trinajstić information content (AvgIpc) is 3.60. The third-order valence-electron chi connectivity index (χ3n) is 13.0. The fraction of sp³-hybridized carbons (Fsp3) is 0.140. The minimum atomic E-state index is -4.50. The van der Waals surface area contributed by atoms with Gasteiger partial charge in [0, 0.05) is 38.9 Å². The highest BCUT2D eigenvalue weighted by Gasteiger charge is 2.41. The predicted molar refractivity (Wildman–Crippen MR) is 253 cm³/mol. The van der Waals surface area contributed by atoms with Crippen LogP contribution in [0.25, 0.3) is 78.4 Å². The van der Waals surface area contributed by atoms with Crippen LogP contribution in [0.5, 0.6) is 0 Å². The first kappa shape index (κ1) is 39.5. The molecule has 64 heavy (non-hydrogen) atoms. The third-order valence-corrected chi connectivity index (χ3v) is 13.0. The summed E-state index contributed by atoms with van der Waals surface area (Å²) in [6.07, 6.45) is 4.79. The van der Waals surface area contributed by atoms with Crippen LogP contribution in [0.3, 0.4) is 0 Å². The molecule has 2 aromatic heterocycles. The van der Waals surface area contributed by atoms with Crippen molar-refractivity contribution in [3.8, 4) is 39.9 Å². The molecule has 2 unspecified atom stereocenters. The normalized spacial score (nSPS) is 17.8. The van der Waals surface area contributed by atoms with Crippen LogP contribution < -0.4 is 10.4 Å². The fourth-order valence-corrected chi connectivity index (χ4v) is 10.3. The number of fused-ring (bicyclic) bond motifs is 9. The van der Waals surface area contributed by atoms with Gasteiger partial charge >= 0.3 is 6.18 Å². The van der Waals surface area contributed by atoms with Gasteiger partial charge in [-0.15, -0.1) is 0 Å². The molecule has 0 amide bonds. The van der Waals surface area contributed by atoms with Crippen LogP contribution in [-0.2, 0) is 0 Å². The molecule has 6 aromatic carbocycles. The molecule has 1 aliphatic heterocycles. The zero-order valence-corrected chi connectivity index (χ0v) is 36.1. The summed E-state index contributed by atoms with van der Waals surface area (Å²) in [7, 11) is 0. The SMILES string of the molecule is CC1=CC(C)C(=c2ccc3c4ccc5cc4n(c3c2)-c2cc(-c3nc(-c4ccccc4)nc(-c4ccccc4)n3)ccc2C2=CC(=c3cc(C)cc(C)c3=5)C(C(F)(F)F)C=C2)C(C)=C1. The number of hydrogen-bond donors (Lipinski definition) is 0. The standard InChI is InChI=1S/C57H43F3N4/c1-32-24-34(3)52(35(4)25-32)40-16-21-44-45-22-17-41-30-51(45)64(50(44)29-40)49-31-42(56-62-54(37-12-8-6-9-13-37)61-55(63-56)38-14-10-7-11-15-38)18-20-43(49)39-19-23-48(57(58,59)60)46(28-39)47-27-33(2)26-36(5)53(41)47/h6-31,34,48H,1-5H3. The van der Waals surface area contributed by atoms with Gasteiger partial charge < -0.3 is 4.57 Å². The third kappa shape index (κ3) is 6.57. The van der Waals surface area contributed by atoms with Crippen LogP contribution in [0.15, 0.2) is 169 Å². The van der Waals surface area contributed by atoms with Gasteiger partial charge in [-0.3, -0.25) is 0 Å². The summed E-state index contributed by atoms with van der Waals surface area (Å²) >= 11 is 0. The Morgan fingerprint density at radius 2 is 1.22 bits per heavy atom. The number of hydrogen-bond acceptors (Lipinski definition) is 3. The van der Waals surface area contributed by atoms with E-state index in [1.165, 1.54) is 22.8 Å². The summed E-state index contributed by atoms with van der Waals surface area (Å²) in [5.74, 6) is -0.0170. The van der Waals surface area contributed by atoms with E-state index in [2.05, 4.69) is 86.0 Å². The lowest BCUT2D eigenvalue weighted by Crippen LogP contribution is -2.28. The van der Waals surface area contributed by atoms with Gasteiger partial charge in [0.25, 0.3) is 0 Å². The van der Waals surface area contributed by atoms with Gasteiger partial charge in [0.1, 0.15) is 0 Å². The van der Waals surface area contributed by atoms with Crippen LogP contribution in [0.2, 0.25) is 0 Å². The summed E-state index contributed by atoms with van der Waals surface area (Å²) < 4.78 is 47.9. The highest BCUT2D eigenvalue weighted by atomic mass is 19.4. The van der Waals surface area contributed by atoms with E-state index in [1.54, 1.807) is 12.2 Å². The van der Waals surface area contributed by atoms with Gasteiger partial charge in [-0.2, -0.15) is 13.2 Å². The van der Waals surface area contributed by atoms with E-state index in [0.717, 1.165) is 76.5 Å². The van der Waals surface area contributed by atoms with E-state index >= 15 is 13.2 Å². The van der Waals surface area contributed by atoms with Gasteiger partial charge in [0.15, 0.2) is 17.5 Å². The molecule has 11 rings (SSSR count). The Balaban J connectivity index is 1.30. The van der Waals surface area contributed by atoms with Crippen LogP contribution in [0.1, 0.15) is 37.5 Å². The number of halogens is 3. The van der Waals surface area contributed by atoms with Crippen LogP contribution in [0.4, 0.5) is 13.2 Å². The molecule has 0 saturated heterocycles. The quantitative estimate of drug-likeness (QED) is 0.178. The van der Waals surface area contributed by atoms with Gasteiger partial charge in [-0.25, -0.2) is 15.0 Å². The Kier molecular flexibility index (Phi) is 9.17. The first-order chi connectivity index (χ1) is 30.9. The Morgan fingerprint density at radius 1 is 0.609 bits per heavy atom. The number of aryl methyl sites for hydroxylation is 2. The molecule has 3 aliphatic rings. The molecule has 0 saturated carbocycles. The Hall–Kier alpha value is -7.38. The molecule has 8 aromatic rings. The van der Waals surface area contributed by atoms with E-state index in [0.29, 0.717) is 28.3 Å². The number of benzene rings is 6. The number of alkyl halides is 3. The minimum Gasteiger partial charge on any atom is -0.309 e. The maximum atomic E-state index is 15.2. The summed E-state index contributed by atoms with van der Waals surface area (Å²) in [6.45, 7) is 10.5. The summed E-state index contributed by atoms with van der Waals surface area (Å²) in [5.41, 5.74) is 12.5. The van der Waals surface area contributed by atoms with Crippen molar-refractivity contribution in [3.05, 3.63) is 206 Å². The number of aromatic nitrogens is 4. The van der Waals surface area contributed by atoms with Crippen molar-refractivity contribution in [2.24, 2.45) is 11.8 Å². The maximum Gasteiger partial charge on any atom is 0.399 e. The zero-order chi connectivity index (χ0) is 44.0. The topological polar surface area (TPSA) is 43.6 Å². The lowest BCUT2D eigenvalue weighted by Gasteiger charge is -2.24. The van der Waals surface area contributed by atoms with E-state index < -0.39 is 12.1 Å². The molecule has 4 bridgehead atoms. The summed E-state index contributed by atoms with van der Waals surface area (Å²) in [6, 6.07) is 42.9. The van der Waals surface area contributed by atoms with Crippen molar-refractivity contribution in [3.63, 3.8) is 0 Å². The van der Waals surface area contributed by atoms with Gasteiger partial charge in [0.05, 0.1) is 22.6 Å². The average molecular weight is 841 g/mol. The molecule has 0 spiro atoms. The minimum absolute atomic E-state index is 0.206. The Morgan fingerprint density at radius 3 is 1.84 bits per heavy atom. The smallest absolute Gasteiger partial charge is 0.309 e. The van der Waals surface area contributed by atoms with E-state index in [4.69, 9.17) is 15.0 Å². The van der Waals surface area contributed by atoms with Crippen LogP contribution in [0, 0.1) is 36.1 Å². The van der Waals surface area contributed by atoms with Gasteiger partial charge in [-0.05, 0) is 101 Å². The molecular formula is C57H43F3N4. The highest BCUT2D eigenvalue weighted by molar-refractivity contribution is 6.10. The largest absolute Gasteiger partial charge is 0.399 e. The highest BCUT2D eigenvalue weighted by Crippen LogP contribution is 2.43. The Bertz CT molecular complexity index is 3590. The molecule has 3 heterocycles. The van der Waals surface area contributed by atoms with E-state index in [1.807, 2.05) is 92.7 Å². The molecule has 2 aliphatic carbocycles. The predicted octanol–water partition coefficient (Wildman–Crippen LogP) is 12.9. The molecule has 4 nitrogen and oxygen atoms in total. The number of nitrogens with zero attached hydrogens (tertiary/aromatic N) is 4. The molecule has 7 heteroatoms. The summed E-state index contributed by atoms with van der Waals surface area (Å²) in [4.78, 5) is 15.2. The molecular weight excluding hydrogens is 798 g/mol.